The van der Waals surface area contributed by atoms with Gasteiger partial charge in [0.15, 0.2) is 0 Å². The van der Waals surface area contributed by atoms with E-state index < -0.39 is 6.04 Å². The van der Waals surface area contributed by atoms with E-state index in [2.05, 4.69) is 4.98 Å². The van der Waals surface area contributed by atoms with Crippen LogP contribution in [0.15, 0.2) is 73.1 Å². The molecule has 4 rings (SSSR count). The largest absolute Gasteiger partial charge is 0.318 e. The van der Waals surface area contributed by atoms with E-state index >= 15 is 0 Å². The molecule has 4 nitrogen and oxygen atoms in total. The zero-order chi connectivity index (χ0) is 16.5. The van der Waals surface area contributed by atoms with Crippen molar-refractivity contribution in [3.8, 4) is 5.69 Å². The lowest BCUT2D eigenvalue weighted by molar-refractivity contribution is 0.626. The second-order valence-corrected chi connectivity index (χ2v) is 5.53. The van der Waals surface area contributed by atoms with Gasteiger partial charge in [0.1, 0.15) is 11.6 Å². The Bertz CT molecular complexity index is 1000. The quantitative estimate of drug-likeness (QED) is 0.604. The molecule has 25 heavy (non-hydrogen) atoms. The molecular formula is C19H16ClFN4. The van der Waals surface area contributed by atoms with Crippen molar-refractivity contribution in [3.63, 3.8) is 0 Å². The molecule has 0 aliphatic carbocycles. The van der Waals surface area contributed by atoms with Crippen LogP contribution in [0.4, 0.5) is 4.39 Å². The molecule has 0 bridgehead atoms. The van der Waals surface area contributed by atoms with Crippen molar-refractivity contribution < 1.29 is 4.39 Å². The minimum absolute atomic E-state index is 0. The summed E-state index contributed by atoms with van der Waals surface area (Å²) in [5, 5.41) is 0. The Morgan fingerprint density at radius 1 is 0.960 bits per heavy atom. The number of aromatic nitrogens is 3. The third kappa shape index (κ3) is 3.12. The molecule has 0 fully saturated rings. The number of hydrogen-bond acceptors (Lipinski definition) is 3. The summed E-state index contributed by atoms with van der Waals surface area (Å²) < 4.78 is 15.6. The third-order valence-electron chi connectivity index (χ3n) is 4.00. The Hall–Kier alpha value is -2.76. The van der Waals surface area contributed by atoms with E-state index in [0.717, 1.165) is 16.6 Å². The first-order valence-corrected chi connectivity index (χ1v) is 7.63. The number of nitrogens with two attached hydrogens (primary N) is 1. The number of hydrogen-bond donors (Lipinski definition) is 1. The van der Waals surface area contributed by atoms with Gasteiger partial charge in [-0.05, 0) is 48.0 Å². The minimum Gasteiger partial charge on any atom is -0.318 e. The predicted octanol–water partition coefficient (Wildman–Crippen LogP) is 4.03. The van der Waals surface area contributed by atoms with Crippen molar-refractivity contribution in [1.82, 2.24) is 14.5 Å². The van der Waals surface area contributed by atoms with Gasteiger partial charge in [-0.25, -0.2) is 9.37 Å². The molecule has 2 heterocycles. The third-order valence-corrected chi connectivity index (χ3v) is 4.00. The fraction of sp³-hybridized carbons (Fsp3) is 0.0526. The van der Waals surface area contributed by atoms with Gasteiger partial charge in [0.05, 0.1) is 22.8 Å². The predicted molar refractivity (Wildman–Crippen MR) is 98.5 cm³/mol. The maximum atomic E-state index is 13.7. The molecule has 0 amide bonds. The lowest BCUT2D eigenvalue weighted by Gasteiger charge is -2.15. The summed E-state index contributed by atoms with van der Waals surface area (Å²) in [4.78, 5) is 8.71. The Balaban J connectivity index is 0.00000182. The number of benzene rings is 2. The molecule has 4 aromatic rings. The van der Waals surface area contributed by atoms with E-state index in [0.29, 0.717) is 11.5 Å². The normalized spacial score (nSPS) is 11.9. The van der Waals surface area contributed by atoms with Crippen LogP contribution in [-0.2, 0) is 0 Å². The average molecular weight is 355 g/mol. The molecule has 0 saturated heterocycles. The number of halogens is 2. The zero-order valence-electron chi connectivity index (χ0n) is 13.2. The van der Waals surface area contributed by atoms with Gasteiger partial charge in [-0.3, -0.25) is 9.55 Å². The summed E-state index contributed by atoms with van der Waals surface area (Å²) in [6, 6.07) is 17.4. The van der Waals surface area contributed by atoms with Crippen LogP contribution in [0.3, 0.4) is 0 Å². The Morgan fingerprint density at radius 2 is 1.72 bits per heavy atom. The molecule has 2 N–H and O–H groups in total. The van der Waals surface area contributed by atoms with E-state index in [1.54, 1.807) is 18.5 Å². The molecule has 0 saturated carbocycles. The van der Waals surface area contributed by atoms with Crippen molar-refractivity contribution >= 4 is 23.4 Å². The molecule has 0 radical (unpaired) electrons. The Kier molecular flexibility index (Phi) is 4.79. The van der Waals surface area contributed by atoms with Crippen molar-refractivity contribution in [3.05, 3.63) is 90.3 Å². The highest BCUT2D eigenvalue weighted by Crippen LogP contribution is 2.27. The number of para-hydroxylation sites is 2. The summed E-state index contributed by atoms with van der Waals surface area (Å²) >= 11 is 0. The highest BCUT2D eigenvalue weighted by Gasteiger charge is 2.19. The molecule has 2 aromatic heterocycles. The van der Waals surface area contributed by atoms with Crippen LogP contribution >= 0.6 is 12.4 Å². The Labute approximate surface area is 150 Å². The van der Waals surface area contributed by atoms with E-state index in [9.17, 15) is 4.39 Å². The van der Waals surface area contributed by atoms with Crippen LogP contribution in [0, 0.1) is 5.82 Å². The van der Waals surface area contributed by atoms with Gasteiger partial charge in [-0.1, -0.05) is 18.2 Å². The van der Waals surface area contributed by atoms with Gasteiger partial charge >= 0.3 is 0 Å². The van der Waals surface area contributed by atoms with Gasteiger partial charge in [0.2, 0.25) is 0 Å². The van der Waals surface area contributed by atoms with E-state index in [1.165, 1.54) is 12.1 Å². The summed E-state index contributed by atoms with van der Waals surface area (Å²) in [6.07, 6.45) is 3.40. The van der Waals surface area contributed by atoms with Crippen LogP contribution in [-0.4, -0.2) is 14.5 Å². The molecule has 126 valence electrons. The smallest absolute Gasteiger partial charge is 0.136 e. The Morgan fingerprint density at radius 3 is 2.48 bits per heavy atom. The SMILES string of the molecule is Cl.NC(c1ccncc1)c1nc2ccccc2n1-c1cccc(F)c1. The minimum atomic E-state index is -0.441. The van der Waals surface area contributed by atoms with Crippen molar-refractivity contribution in [2.75, 3.05) is 0 Å². The van der Waals surface area contributed by atoms with E-state index in [1.807, 2.05) is 47.0 Å². The first-order valence-electron chi connectivity index (χ1n) is 7.63. The highest BCUT2D eigenvalue weighted by atomic mass is 35.5. The summed E-state index contributed by atoms with van der Waals surface area (Å²) in [7, 11) is 0. The van der Waals surface area contributed by atoms with Crippen LogP contribution in [0.25, 0.3) is 16.7 Å². The second kappa shape index (κ2) is 7.01. The molecule has 0 aliphatic heterocycles. The van der Waals surface area contributed by atoms with Gasteiger partial charge < -0.3 is 5.73 Å². The maximum Gasteiger partial charge on any atom is 0.136 e. The lowest BCUT2D eigenvalue weighted by Crippen LogP contribution is -2.17. The number of nitrogens with zero attached hydrogens (tertiary/aromatic N) is 3. The van der Waals surface area contributed by atoms with Crippen molar-refractivity contribution in [2.45, 2.75) is 6.04 Å². The van der Waals surface area contributed by atoms with Crippen LogP contribution in [0.1, 0.15) is 17.4 Å². The standard InChI is InChI=1S/C19H15FN4.ClH/c20-14-4-3-5-15(12-14)24-17-7-2-1-6-16(17)23-19(24)18(21)13-8-10-22-11-9-13;/h1-12,18H,21H2;1H. The van der Waals surface area contributed by atoms with Crippen LogP contribution in [0.2, 0.25) is 0 Å². The summed E-state index contributed by atoms with van der Waals surface area (Å²) in [5.74, 6) is 0.363. The van der Waals surface area contributed by atoms with Gasteiger partial charge in [-0.15, -0.1) is 12.4 Å². The molecule has 0 spiro atoms. The second-order valence-electron chi connectivity index (χ2n) is 5.53. The molecule has 6 heteroatoms. The van der Waals surface area contributed by atoms with Gasteiger partial charge in [0, 0.05) is 12.4 Å². The summed E-state index contributed by atoms with van der Waals surface area (Å²) in [6.45, 7) is 0. The van der Waals surface area contributed by atoms with E-state index in [-0.39, 0.29) is 18.2 Å². The lowest BCUT2D eigenvalue weighted by atomic mass is 10.1. The summed E-state index contributed by atoms with van der Waals surface area (Å²) in [5.41, 5.74) is 9.76. The maximum absolute atomic E-state index is 13.7. The highest BCUT2D eigenvalue weighted by molar-refractivity contribution is 5.85. The molecular weight excluding hydrogens is 339 g/mol. The first-order chi connectivity index (χ1) is 11.7. The number of rotatable bonds is 3. The number of fused-ring (bicyclic) bond motifs is 1. The average Bonchev–Trinajstić information content (AvgIpc) is 3.01. The molecule has 1 atom stereocenters. The fourth-order valence-corrected chi connectivity index (χ4v) is 2.86. The number of pyridine rings is 1. The van der Waals surface area contributed by atoms with E-state index in [4.69, 9.17) is 10.7 Å². The number of imidazole rings is 1. The van der Waals surface area contributed by atoms with Crippen molar-refractivity contribution in [1.29, 1.82) is 0 Å². The zero-order valence-corrected chi connectivity index (χ0v) is 14.0. The topological polar surface area (TPSA) is 56.7 Å². The first kappa shape index (κ1) is 17.1. The van der Waals surface area contributed by atoms with Crippen molar-refractivity contribution in [2.24, 2.45) is 5.73 Å². The molecule has 2 aromatic carbocycles. The monoisotopic (exact) mass is 354 g/mol. The molecule has 0 aliphatic rings. The van der Waals surface area contributed by atoms with Gasteiger partial charge in [-0.2, -0.15) is 0 Å². The fourth-order valence-electron chi connectivity index (χ4n) is 2.86. The van der Waals surface area contributed by atoms with Crippen LogP contribution < -0.4 is 5.73 Å². The molecule has 1 unspecified atom stereocenters. The van der Waals surface area contributed by atoms with Crippen LogP contribution in [0.5, 0.6) is 0 Å². The van der Waals surface area contributed by atoms with Gasteiger partial charge in [0.25, 0.3) is 0 Å².